The molecule has 4 rings (SSSR count). The average Bonchev–Trinajstić information content (AvgIpc) is 3.13. The topological polar surface area (TPSA) is 73.9 Å². The zero-order valence-corrected chi connectivity index (χ0v) is 12.8. The van der Waals surface area contributed by atoms with Gasteiger partial charge in [-0.1, -0.05) is 30.3 Å². The fourth-order valence-electron chi connectivity index (χ4n) is 3.13. The van der Waals surface area contributed by atoms with Gasteiger partial charge in [0.15, 0.2) is 5.82 Å². The highest BCUT2D eigenvalue weighted by Gasteiger charge is 2.33. The number of hydrazine groups is 1. The number of fused-ring (bicyclic) bond motifs is 1. The van der Waals surface area contributed by atoms with Gasteiger partial charge in [0.1, 0.15) is 12.0 Å². The van der Waals surface area contributed by atoms with Crippen LogP contribution in [0.2, 0.25) is 0 Å². The van der Waals surface area contributed by atoms with Crippen LogP contribution >= 0.6 is 0 Å². The van der Waals surface area contributed by atoms with Crippen molar-refractivity contribution in [3.63, 3.8) is 0 Å². The molecule has 1 aliphatic heterocycles. The highest BCUT2D eigenvalue weighted by molar-refractivity contribution is 5.91. The quantitative estimate of drug-likeness (QED) is 0.780. The van der Waals surface area contributed by atoms with Crippen molar-refractivity contribution < 1.29 is 4.79 Å². The Kier molecular flexibility index (Phi) is 3.22. The van der Waals surface area contributed by atoms with E-state index >= 15 is 0 Å². The molecule has 0 spiro atoms. The zero-order chi connectivity index (χ0) is 15.8. The summed E-state index contributed by atoms with van der Waals surface area (Å²) in [6, 6.07) is 10.1. The molecule has 2 aromatic heterocycles. The Morgan fingerprint density at radius 3 is 2.91 bits per heavy atom. The number of rotatable bonds is 3. The minimum Gasteiger partial charge on any atom is -0.346 e. The van der Waals surface area contributed by atoms with Gasteiger partial charge in [0, 0.05) is 12.6 Å². The van der Waals surface area contributed by atoms with Gasteiger partial charge in [-0.3, -0.25) is 10.2 Å². The standard InChI is InChI=1S/C17H17N5O/c1-11-9-18-16-15(11)17(20-10-19-16)21-22-13(7-8-14(22)23)12-5-3-2-4-6-12/h2-6,9-10,13H,7-8H2,1H3,(H2,18,19,20,21). The predicted octanol–water partition coefficient (Wildman–Crippen LogP) is 2.96. The van der Waals surface area contributed by atoms with Crippen LogP contribution < -0.4 is 5.43 Å². The van der Waals surface area contributed by atoms with Gasteiger partial charge in [0.05, 0.1) is 11.4 Å². The van der Waals surface area contributed by atoms with E-state index in [4.69, 9.17) is 0 Å². The third-order valence-electron chi connectivity index (χ3n) is 4.29. The van der Waals surface area contributed by atoms with E-state index in [0.29, 0.717) is 12.2 Å². The Bertz CT molecular complexity index is 858. The molecule has 1 saturated heterocycles. The Morgan fingerprint density at radius 1 is 1.26 bits per heavy atom. The maximum atomic E-state index is 12.3. The molecule has 1 atom stereocenters. The average molecular weight is 307 g/mol. The molecular weight excluding hydrogens is 290 g/mol. The number of aromatic nitrogens is 3. The maximum absolute atomic E-state index is 12.3. The van der Waals surface area contributed by atoms with Crippen LogP contribution in [0, 0.1) is 6.92 Å². The molecule has 6 nitrogen and oxygen atoms in total. The summed E-state index contributed by atoms with van der Waals surface area (Å²) in [4.78, 5) is 24.0. The van der Waals surface area contributed by atoms with E-state index in [2.05, 4.69) is 32.5 Å². The molecule has 3 heterocycles. The third kappa shape index (κ3) is 2.32. The smallest absolute Gasteiger partial charge is 0.241 e. The molecule has 23 heavy (non-hydrogen) atoms. The van der Waals surface area contributed by atoms with Crippen molar-refractivity contribution in [3.05, 3.63) is 54.0 Å². The van der Waals surface area contributed by atoms with Gasteiger partial charge >= 0.3 is 0 Å². The zero-order valence-electron chi connectivity index (χ0n) is 12.8. The number of benzene rings is 1. The first-order valence-electron chi connectivity index (χ1n) is 7.66. The number of aromatic amines is 1. The van der Waals surface area contributed by atoms with E-state index in [1.165, 1.54) is 6.33 Å². The Balaban J connectivity index is 1.71. The van der Waals surface area contributed by atoms with E-state index in [1.54, 1.807) is 5.01 Å². The van der Waals surface area contributed by atoms with Gasteiger partial charge in [-0.25, -0.2) is 15.0 Å². The maximum Gasteiger partial charge on any atom is 0.241 e. The van der Waals surface area contributed by atoms with Crippen LogP contribution in [0.4, 0.5) is 5.82 Å². The molecular formula is C17H17N5O. The summed E-state index contributed by atoms with van der Waals surface area (Å²) < 4.78 is 0. The van der Waals surface area contributed by atoms with E-state index in [1.807, 2.05) is 31.3 Å². The fraction of sp³-hybridized carbons (Fsp3) is 0.235. The van der Waals surface area contributed by atoms with Crippen LogP contribution in [0.25, 0.3) is 11.0 Å². The molecule has 6 heteroatoms. The summed E-state index contributed by atoms with van der Waals surface area (Å²) in [7, 11) is 0. The number of carbonyl (C=O) groups is 1. The number of amides is 1. The van der Waals surface area contributed by atoms with E-state index in [9.17, 15) is 4.79 Å². The predicted molar refractivity (Wildman–Crippen MR) is 87.5 cm³/mol. The lowest BCUT2D eigenvalue weighted by Crippen LogP contribution is -2.33. The van der Waals surface area contributed by atoms with Gasteiger partial charge < -0.3 is 4.98 Å². The molecule has 0 saturated carbocycles. The summed E-state index contributed by atoms with van der Waals surface area (Å²) in [5, 5.41) is 2.61. The minimum absolute atomic E-state index is 0.0213. The largest absolute Gasteiger partial charge is 0.346 e. The monoisotopic (exact) mass is 307 g/mol. The van der Waals surface area contributed by atoms with Crippen LogP contribution in [0.3, 0.4) is 0 Å². The first-order valence-corrected chi connectivity index (χ1v) is 7.66. The molecule has 1 aromatic carbocycles. The van der Waals surface area contributed by atoms with Crippen LogP contribution in [0.1, 0.15) is 30.0 Å². The number of aryl methyl sites for hydroxylation is 1. The molecule has 1 aliphatic rings. The summed E-state index contributed by atoms with van der Waals surface area (Å²) >= 11 is 0. The lowest BCUT2D eigenvalue weighted by Gasteiger charge is -2.26. The van der Waals surface area contributed by atoms with Crippen molar-refractivity contribution in [1.29, 1.82) is 0 Å². The van der Waals surface area contributed by atoms with Crippen LogP contribution in [-0.4, -0.2) is 25.9 Å². The second-order valence-corrected chi connectivity index (χ2v) is 5.76. The van der Waals surface area contributed by atoms with Crippen molar-refractivity contribution >= 4 is 22.8 Å². The first kappa shape index (κ1) is 13.8. The third-order valence-corrected chi connectivity index (χ3v) is 4.29. The molecule has 1 fully saturated rings. The molecule has 1 amide bonds. The highest BCUT2D eigenvalue weighted by atomic mass is 16.2. The molecule has 0 aliphatic carbocycles. The summed E-state index contributed by atoms with van der Waals surface area (Å²) in [5.74, 6) is 0.740. The first-order chi connectivity index (χ1) is 11.2. The number of carbonyl (C=O) groups excluding carboxylic acids is 1. The number of nitrogens with zero attached hydrogens (tertiary/aromatic N) is 3. The van der Waals surface area contributed by atoms with Gasteiger partial charge in [0.2, 0.25) is 5.91 Å². The normalized spacial score (nSPS) is 17.9. The summed E-state index contributed by atoms with van der Waals surface area (Å²) in [6.45, 7) is 1.99. The van der Waals surface area contributed by atoms with Gasteiger partial charge in [-0.15, -0.1) is 0 Å². The van der Waals surface area contributed by atoms with Crippen molar-refractivity contribution in [2.24, 2.45) is 0 Å². The van der Waals surface area contributed by atoms with Crippen LogP contribution in [0.15, 0.2) is 42.9 Å². The van der Waals surface area contributed by atoms with Gasteiger partial charge in [0.25, 0.3) is 0 Å². The van der Waals surface area contributed by atoms with Crippen molar-refractivity contribution in [3.8, 4) is 0 Å². The number of nitrogens with one attached hydrogen (secondary N) is 2. The molecule has 0 bridgehead atoms. The van der Waals surface area contributed by atoms with Gasteiger partial charge in [-0.05, 0) is 24.5 Å². The van der Waals surface area contributed by atoms with E-state index in [-0.39, 0.29) is 11.9 Å². The van der Waals surface area contributed by atoms with Crippen molar-refractivity contribution in [2.45, 2.75) is 25.8 Å². The number of H-pyrrole nitrogens is 1. The molecule has 116 valence electrons. The van der Waals surface area contributed by atoms with Crippen molar-refractivity contribution in [1.82, 2.24) is 20.0 Å². The lowest BCUT2D eigenvalue weighted by atomic mass is 10.1. The second-order valence-electron chi connectivity index (χ2n) is 5.76. The van der Waals surface area contributed by atoms with E-state index < -0.39 is 0 Å². The molecule has 0 radical (unpaired) electrons. The van der Waals surface area contributed by atoms with E-state index in [0.717, 1.165) is 28.6 Å². The number of hydrogen-bond donors (Lipinski definition) is 2. The lowest BCUT2D eigenvalue weighted by molar-refractivity contribution is -0.127. The fourth-order valence-corrected chi connectivity index (χ4v) is 3.13. The number of anilines is 1. The van der Waals surface area contributed by atoms with Crippen LogP contribution in [-0.2, 0) is 4.79 Å². The Labute approximate surface area is 133 Å². The second kappa shape index (κ2) is 5.39. The molecule has 2 N–H and O–H groups in total. The minimum atomic E-state index is 0.0213. The molecule has 3 aromatic rings. The Morgan fingerprint density at radius 2 is 2.09 bits per heavy atom. The summed E-state index contributed by atoms with van der Waals surface area (Å²) in [5.41, 5.74) is 6.16. The summed E-state index contributed by atoms with van der Waals surface area (Å²) in [6.07, 6.45) is 4.73. The van der Waals surface area contributed by atoms with Crippen molar-refractivity contribution in [2.75, 3.05) is 5.43 Å². The SMILES string of the molecule is Cc1c[nH]c2ncnc(NN3C(=O)CCC3c3ccccc3)c12. The van der Waals surface area contributed by atoms with Gasteiger partial charge in [-0.2, -0.15) is 0 Å². The Hall–Kier alpha value is -2.89. The molecule has 1 unspecified atom stereocenters. The van der Waals surface area contributed by atoms with Crippen LogP contribution in [0.5, 0.6) is 0 Å². The number of hydrogen-bond acceptors (Lipinski definition) is 4. The highest BCUT2D eigenvalue weighted by Crippen LogP contribution is 2.34.